The summed E-state index contributed by atoms with van der Waals surface area (Å²) < 4.78 is 500. The van der Waals surface area contributed by atoms with Gasteiger partial charge in [0.25, 0.3) is 0 Å². The Balaban J connectivity index is 8.36. The third kappa shape index (κ3) is 5.86. The minimum atomic E-state index is -10.6. The molecule has 0 saturated carbocycles. The fourth-order valence-electron chi connectivity index (χ4n) is 3.96. The number of carbonyl (C=O) groups is 1. The molecule has 0 aliphatic carbocycles. The molecule has 1 N–H and O–H groups in total. The van der Waals surface area contributed by atoms with Gasteiger partial charge in [-0.2, -0.15) is 158 Å². The molecule has 58 heavy (non-hydrogen) atoms. The van der Waals surface area contributed by atoms with E-state index in [0.29, 0.717) is 0 Å². The molecule has 2 nitrogen and oxygen atoms in total. The van der Waals surface area contributed by atoms with Gasteiger partial charge in [0.2, 0.25) is 0 Å². The quantitative estimate of drug-likeness (QED) is 0.176. The van der Waals surface area contributed by atoms with Crippen molar-refractivity contribution >= 4 is 5.97 Å². The molecule has 39 heteroatoms. The molecule has 0 spiro atoms. The van der Waals surface area contributed by atoms with Gasteiger partial charge < -0.3 is 5.11 Å². The fraction of sp³-hybridized carbons (Fsp3) is 0.947. The second-order valence-corrected chi connectivity index (χ2v) is 10.6. The molecule has 0 fully saturated rings. The van der Waals surface area contributed by atoms with Crippen LogP contribution in [0.1, 0.15) is 0 Å². The first-order valence-corrected chi connectivity index (χ1v) is 11.9. The van der Waals surface area contributed by atoms with Gasteiger partial charge in [-0.15, -0.1) is 0 Å². The lowest BCUT2D eigenvalue weighted by Gasteiger charge is -2.50. The van der Waals surface area contributed by atoms with Crippen LogP contribution in [0, 0.1) is 5.41 Å². The van der Waals surface area contributed by atoms with Gasteiger partial charge in [-0.05, 0) is 0 Å². The molecule has 0 aromatic carbocycles. The third-order valence-corrected chi connectivity index (χ3v) is 7.21. The van der Waals surface area contributed by atoms with Gasteiger partial charge in [-0.3, -0.25) is 0 Å². The summed E-state index contributed by atoms with van der Waals surface area (Å²) in [5.41, 5.74) is -20.0. The first kappa shape index (κ1) is 54.9. The molecule has 0 heterocycles. The highest BCUT2D eigenvalue weighted by Gasteiger charge is 3.05. The smallest absolute Gasteiger partial charge is 0.460 e. The van der Waals surface area contributed by atoms with Crippen molar-refractivity contribution in [2.45, 2.75) is 101 Å². The molecule has 0 aliphatic heterocycles. The number of carboxylic acid groups (broad SMARTS) is 1. The van der Waals surface area contributed by atoms with Crippen molar-refractivity contribution in [1.29, 1.82) is 0 Å². The second-order valence-electron chi connectivity index (χ2n) is 10.6. The molecule has 0 bridgehead atoms. The average Bonchev–Trinajstić information content (AvgIpc) is 2.92. The van der Waals surface area contributed by atoms with E-state index in [1.54, 1.807) is 0 Å². The lowest BCUT2D eigenvalue weighted by molar-refractivity contribution is -0.499. The number of aliphatic carboxylic acids is 1. The van der Waals surface area contributed by atoms with Crippen LogP contribution in [0.4, 0.5) is 162 Å². The number of halogens is 37. The number of hydrogen-bond donors (Lipinski definition) is 1. The van der Waals surface area contributed by atoms with Crippen LogP contribution in [0.2, 0.25) is 0 Å². The molecular weight excluding hydrogens is 963 g/mol. The van der Waals surface area contributed by atoms with Crippen LogP contribution in [-0.2, 0) is 4.79 Å². The molecule has 0 saturated heterocycles. The molecule has 1 unspecified atom stereocenters. The molecule has 1 atom stereocenters. The normalized spacial score (nSPS) is 18.0. The predicted molar refractivity (Wildman–Crippen MR) is 97.5 cm³/mol. The minimum Gasteiger partial charge on any atom is -0.479 e. The van der Waals surface area contributed by atoms with Crippen LogP contribution < -0.4 is 0 Å². The van der Waals surface area contributed by atoms with E-state index in [1.807, 2.05) is 0 Å². The first-order valence-electron chi connectivity index (χ1n) is 11.9. The Labute approximate surface area is 286 Å². The van der Waals surface area contributed by atoms with Crippen molar-refractivity contribution < 1.29 is 172 Å². The van der Waals surface area contributed by atoms with Crippen molar-refractivity contribution in [2.24, 2.45) is 5.41 Å². The van der Waals surface area contributed by atoms with Crippen molar-refractivity contribution in [3.63, 3.8) is 0 Å². The van der Waals surface area contributed by atoms with Crippen molar-refractivity contribution in [2.75, 3.05) is 0 Å². The van der Waals surface area contributed by atoms with Gasteiger partial charge in [0.1, 0.15) is 0 Å². The van der Waals surface area contributed by atoms with E-state index in [9.17, 15) is 167 Å². The Kier molecular flexibility index (Phi) is 12.2. The van der Waals surface area contributed by atoms with Crippen molar-refractivity contribution in [3.05, 3.63) is 0 Å². The number of hydrogen-bond acceptors (Lipinski definition) is 1. The van der Waals surface area contributed by atoms with Crippen LogP contribution in [0.25, 0.3) is 0 Å². The molecule has 348 valence electrons. The van der Waals surface area contributed by atoms with Crippen molar-refractivity contribution in [1.82, 2.24) is 0 Å². The van der Waals surface area contributed by atoms with E-state index in [2.05, 4.69) is 0 Å². The summed E-state index contributed by atoms with van der Waals surface area (Å²) >= 11 is 0. The second kappa shape index (κ2) is 12.9. The van der Waals surface area contributed by atoms with E-state index >= 15 is 0 Å². The maximum absolute atomic E-state index is 14.8. The summed E-state index contributed by atoms with van der Waals surface area (Å²) in [5, 5.41) is 8.14. The molecule has 0 aliphatic rings. The van der Waals surface area contributed by atoms with E-state index < -0.39 is 113 Å². The number of carboxylic acids is 1. The van der Waals surface area contributed by atoms with E-state index in [4.69, 9.17) is 5.11 Å². The maximum atomic E-state index is 14.8. The highest BCUT2D eigenvalue weighted by molar-refractivity contribution is 5.81. The summed E-state index contributed by atoms with van der Waals surface area (Å²) in [7, 11) is 0. The van der Waals surface area contributed by atoms with Gasteiger partial charge in [0.15, 0.2) is 0 Å². The number of alkyl halides is 37. The monoisotopic (exact) mass is 964 g/mol. The van der Waals surface area contributed by atoms with Gasteiger partial charge in [0.05, 0.1) is 0 Å². The van der Waals surface area contributed by atoms with E-state index in [1.165, 1.54) is 0 Å². The fourth-order valence-corrected chi connectivity index (χ4v) is 3.96. The minimum absolute atomic E-state index is 6.22. The van der Waals surface area contributed by atoms with Crippen LogP contribution >= 0.6 is 0 Å². The number of rotatable bonds is 14. The van der Waals surface area contributed by atoms with Gasteiger partial charge in [-0.25, -0.2) is 9.18 Å². The Bertz CT molecular complexity index is 1490. The zero-order valence-electron chi connectivity index (χ0n) is 24.3. The van der Waals surface area contributed by atoms with Crippen LogP contribution in [-0.4, -0.2) is 113 Å². The molecule has 0 aromatic heterocycles. The Morgan fingerprint density at radius 1 is 0.224 bits per heavy atom. The Morgan fingerprint density at radius 2 is 0.362 bits per heavy atom. The Morgan fingerprint density at radius 3 is 0.483 bits per heavy atom. The summed E-state index contributed by atoms with van der Waals surface area (Å²) in [6.45, 7) is 0. The topological polar surface area (TPSA) is 37.3 Å². The molecule has 0 aromatic rings. The van der Waals surface area contributed by atoms with Crippen LogP contribution in [0.3, 0.4) is 0 Å². The third-order valence-electron chi connectivity index (χ3n) is 7.21. The van der Waals surface area contributed by atoms with Crippen LogP contribution in [0.5, 0.6) is 0 Å². The zero-order chi connectivity index (χ0) is 48.6. The molecule has 0 amide bonds. The lowest BCUT2D eigenvalue weighted by Crippen LogP contribution is -2.83. The summed E-state index contributed by atoms with van der Waals surface area (Å²) in [6, 6.07) is 0. The van der Waals surface area contributed by atoms with Gasteiger partial charge in [0, 0.05) is 0 Å². The van der Waals surface area contributed by atoms with Crippen LogP contribution in [0.15, 0.2) is 0 Å². The van der Waals surface area contributed by atoms with Crippen molar-refractivity contribution in [3.8, 4) is 0 Å². The lowest BCUT2D eigenvalue weighted by atomic mass is 9.65. The largest absolute Gasteiger partial charge is 0.479 e. The molecule has 0 radical (unpaired) electrons. The highest BCUT2D eigenvalue weighted by Crippen LogP contribution is 2.74. The van der Waals surface area contributed by atoms with E-state index in [-0.39, 0.29) is 0 Å². The Hall–Kier alpha value is -3.12. The molecular formula is C19HF37O2. The highest BCUT2D eigenvalue weighted by atomic mass is 19.5. The summed E-state index contributed by atoms with van der Waals surface area (Å²) in [6.07, 6.45) is -36.9. The SMILES string of the molecule is O=C(O)C(F)(C(F)(F)C(F)(F)C(F)(F)C(F)(F)C(F)(F)C(F)(F)C(F)(F)C(F)(F)C(F)(F)C(F)(F)C(F)(F)C(F)(F)C(F)(F)F)C(C(F)(F)F)(C(F)(F)F)C(F)(F)F. The van der Waals surface area contributed by atoms with E-state index in [0.717, 1.165) is 0 Å². The van der Waals surface area contributed by atoms with Gasteiger partial charge in [-0.1, -0.05) is 0 Å². The predicted octanol–water partition coefficient (Wildman–Crippen LogP) is 11.6. The summed E-state index contributed by atoms with van der Waals surface area (Å²) in [4.78, 5) is 10.8. The maximum Gasteiger partial charge on any atom is 0.460 e. The average molecular weight is 964 g/mol. The zero-order valence-corrected chi connectivity index (χ0v) is 24.3. The standard InChI is InChI=1S/C19HF37O2/c20-2(1(57)58,3(16(45,46)47,17(48,49)50)18(51,52)53)4(21,22)5(23,24)6(25,26)7(27,28)8(29,30)9(31,32)10(33,34)11(35,36)12(37,38)13(39,40)14(41,42)15(43,44)19(54,55)56/h(H,57,58). The first-order chi connectivity index (χ1) is 24.2. The molecule has 0 rings (SSSR count). The summed E-state index contributed by atoms with van der Waals surface area (Å²) in [5.74, 6) is -129. The van der Waals surface area contributed by atoms with Gasteiger partial charge >= 0.3 is 113 Å².